The van der Waals surface area contributed by atoms with Crippen LogP contribution in [0.25, 0.3) is 0 Å². The van der Waals surface area contributed by atoms with Crippen LogP contribution >= 0.6 is 0 Å². The van der Waals surface area contributed by atoms with E-state index in [0.717, 1.165) is 0 Å². The van der Waals surface area contributed by atoms with Gasteiger partial charge in [-0.3, -0.25) is 25.0 Å². The summed E-state index contributed by atoms with van der Waals surface area (Å²) in [5.74, 6) is -0.488. The number of aliphatic hydroxyl groups is 1. The fourth-order valence-corrected chi connectivity index (χ4v) is 2.40. The van der Waals surface area contributed by atoms with Gasteiger partial charge in [-0.25, -0.2) is 0 Å². The molecule has 0 aliphatic heterocycles. The number of rotatable bonds is 9. The van der Waals surface area contributed by atoms with Gasteiger partial charge in [0.25, 0.3) is 11.4 Å². The van der Waals surface area contributed by atoms with Crippen molar-refractivity contribution >= 4 is 34.3 Å². The minimum absolute atomic E-state index is 0.111. The highest BCUT2D eigenvalue weighted by atomic mass is 16.6. The number of aryl methyl sites for hydroxylation is 1. The summed E-state index contributed by atoms with van der Waals surface area (Å²) in [6.07, 6.45) is 0. The Kier molecular flexibility index (Phi) is 6.82. The van der Waals surface area contributed by atoms with Gasteiger partial charge in [0, 0.05) is 36.0 Å². The van der Waals surface area contributed by atoms with E-state index in [-0.39, 0.29) is 36.8 Å². The molecule has 4 N–H and O–H groups in total. The topological polar surface area (TPSA) is 160 Å². The van der Waals surface area contributed by atoms with Gasteiger partial charge in [-0.15, -0.1) is 0 Å². The van der Waals surface area contributed by atoms with E-state index >= 15 is 0 Å². The molecule has 2 aromatic carbocycles. The lowest BCUT2D eigenvalue weighted by atomic mass is 10.2. The number of hydrogen-bond donors (Lipinski definition) is 4. The lowest BCUT2D eigenvalue weighted by Crippen LogP contribution is -2.22. The van der Waals surface area contributed by atoms with Gasteiger partial charge in [-0.2, -0.15) is 0 Å². The van der Waals surface area contributed by atoms with Crippen molar-refractivity contribution in [2.24, 2.45) is 0 Å². The summed E-state index contributed by atoms with van der Waals surface area (Å²) in [7, 11) is 0. The van der Waals surface area contributed by atoms with Gasteiger partial charge < -0.3 is 21.1 Å². The van der Waals surface area contributed by atoms with Crippen LogP contribution in [0, 0.1) is 27.2 Å². The van der Waals surface area contributed by atoms with Crippen LogP contribution in [0.1, 0.15) is 5.56 Å². The number of carbonyl (C=O) groups excluding carboxylic acids is 1. The first-order valence-electron chi connectivity index (χ1n) is 8.23. The molecule has 0 radical (unpaired) electrons. The van der Waals surface area contributed by atoms with Crippen molar-refractivity contribution in [2.75, 3.05) is 35.6 Å². The Morgan fingerprint density at radius 2 is 1.79 bits per heavy atom. The van der Waals surface area contributed by atoms with E-state index in [1.165, 1.54) is 30.3 Å². The van der Waals surface area contributed by atoms with Crippen molar-refractivity contribution < 1.29 is 19.7 Å². The lowest BCUT2D eigenvalue weighted by Gasteiger charge is -2.13. The Hall–Kier alpha value is -3.73. The molecule has 0 unspecified atom stereocenters. The average molecular weight is 389 g/mol. The van der Waals surface area contributed by atoms with Crippen LogP contribution in [0.3, 0.4) is 0 Å². The van der Waals surface area contributed by atoms with Gasteiger partial charge in [-0.05, 0) is 19.1 Å². The second-order valence-corrected chi connectivity index (χ2v) is 5.80. The number of hydrogen-bond acceptors (Lipinski definition) is 8. The molecule has 0 atom stereocenters. The summed E-state index contributed by atoms with van der Waals surface area (Å²) in [6.45, 7) is 1.46. The predicted octanol–water partition coefficient (Wildman–Crippen LogP) is 2.27. The average Bonchev–Trinajstić information content (AvgIpc) is 2.66. The summed E-state index contributed by atoms with van der Waals surface area (Å²) in [4.78, 5) is 33.0. The molecule has 0 aliphatic rings. The smallest absolute Gasteiger partial charge is 0.274 e. The van der Waals surface area contributed by atoms with Crippen LogP contribution in [0.4, 0.5) is 28.4 Å². The van der Waals surface area contributed by atoms with E-state index in [4.69, 9.17) is 5.11 Å². The molecule has 0 fully saturated rings. The molecule has 2 rings (SSSR count). The first-order valence-corrected chi connectivity index (χ1v) is 8.23. The molecule has 0 saturated heterocycles. The van der Waals surface area contributed by atoms with E-state index in [1.54, 1.807) is 13.0 Å². The van der Waals surface area contributed by atoms with E-state index < -0.39 is 15.8 Å². The molecular formula is C17H19N5O6. The molecule has 0 saturated carbocycles. The van der Waals surface area contributed by atoms with Crippen LogP contribution in [-0.2, 0) is 4.79 Å². The van der Waals surface area contributed by atoms with Crippen LogP contribution < -0.4 is 16.0 Å². The summed E-state index contributed by atoms with van der Waals surface area (Å²) in [5, 5.41) is 39.1. The Balaban J connectivity index is 2.09. The molecule has 1 amide bonds. The van der Waals surface area contributed by atoms with E-state index in [1.807, 2.05) is 0 Å². The first kappa shape index (κ1) is 20.6. The largest absolute Gasteiger partial charge is 0.395 e. The zero-order valence-electron chi connectivity index (χ0n) is 15.0. The third-order valence-electron chi connectivity index (χ3n) is 3.77. The molecule has 11 nitrogen and oxygen atoms in total. The van der Waals surface area contributed by atoms with E-state index in [9.17, 15) is 25.0 Å². The van der Waals surface area contributed by atoms with Gasteiger partial charge in [-0.1, -0.05) is 6.07 Å². The zero-order valence-corrected chi connectivity index (χ0v) is 15.0. The maximum Gasteiger partial charge on any atom is 0.274 e. The van der Waals surface area contributed by atoms with Crippen molar-refractivity contribution in [3.63, 3.8) is 0 Å². The molecule has 0 bridgehead atoms. The van der Waals surface area contributed by atoms with Crippen molar-refractivity contribution in [1.29, 1.82) is 0 Å². The van der Waals surface area contributed by atoms with Gasteiger partial charge in [0.1, 0.15) is 0 Å². The highest BCUT2D eigenvalue weighted by molar-refractivity contribution is 5.94. The molecule has 0 aliphatic carbocycles. The number of nitrogens with one attached hydrogen (secondary N) is 3. The fraction of sp³-hybridized carbons (Fsp3) is 0.235. The minimum Gasteiger partial charge on any atom is -0.395 e. The van der Waals surface area contributed by atoms with Crippen molar-refractivity contribution in [1.82, 2.24) is 0 Å². The second-order valence-electron chi connectivity index (χ2n) is 5.80. The fourth-order valence-electron chi connectivity index (χ4n) is 2.40. The molecule has 148 valence electrons. The van der Waals surface area contributed by atoms with Gasteiger partial charge in [0.05, 0.1) is 34.4 Å². The van der Waals surface area contributed by atoms with Crippen LogP contribution in [0.15, 0.2) is 36.4 Å². The summed E-state index contributed by atoms with van der Waals surface area (Å²) in [6, 6.07) is 8.37. The Morgan fingerprint density at radius 1 is 1.04 bits per heavy atom. The SMILES string of the molecule is Cc1ccc(NC(=O)CNc2cc([N+](=O)[O-])ccc2NCCO)cc1[N+](=O)[O-]. The van der Waals surface area contributed by atoms with E-state index in [2.05, 4.69) is 16.0 Å². The molecule has 0 aromatic heterocycles. The number of non-ortho nitro benzene ring substituents is 1. The van der Waals surface area contributed by atoms with Crippen molar-refractivity contribution in [3.05, 3.63) is 62.2 Å². The summed E-state index contributed by atoms with van der Waals surface area (Å²) >= 11 is 0. The number of carbonyl (C=O) groups is 1. The van der Waals surface area contributed by atoms with Crippen LogP contribution in [0.5, 0.6) is 0 Å². The number of anilines is 3. The maximum absolute atomic E-state index is 12.2. The third kappa shape index (κ3) is 5.38. The lowest BCUT2D eigenvalue weighted by molar-refractivity contribution is -0.385. The van der Waals surface area contributed by atoms with Crippen LogP contribution in [-0.4, -0.2) is 40.6 Å². The zero-order chi connectivity index (χ0) is 20.7. The van der Waals surface area contributed by atoms with Crippen molar-refractivity contribution in [2.45, 2.75) is 6.92 Å². The Morgan fingerprint density at radius 3 is 2.43 bits per heavy atom. The molecule has 28 heavy (non-hydrogen) atoms. The molecule has 0 spiro atoms. The third-order valence-corrected chi connectivity index (χ3v) is 3.77. The van der Waals surface area contributed by atoms with Crippen molar-refractivity contribution in [3.8, 4) is 0 Å². The van der Waals surface area contributed by atoms with Crippen LogP contribution in [0.2, 0.25) is 0 Å². The number of nitro benzene ring substituents is 2. The number of benzene rings is 2. The standard InChI is InChI=1S/C17H19N5O6/c1-11-2-3-12(8-16(11)22(27)28)20-17(24)10-19-15-9-13(21(25)26)4-5-14(15)18-6-7-23/h2-5,8-9,18-19,23H,6-7,10H2,1H3,(H,20,24). The monoisotopic (exact) mass is 389 g/mol. The molecule has 11 heteroatoms. The number of aliphatic hydroxyl groups excluding tert-OH is 1. The predicted molar refractivity (Wildman–Crippen MR) is 104 cm³/mol. The summed E-state index contributed by atoms with van der Waals surface area (Å²) in [5.41, 5.74) is 1.26. The maximum atomic E-state index is 12.2. The number of nitro groups is 2. The normalized spacial score (nSPS) is 10.2. The number of amides is 1. The Labute approximate surface area is 159 Å². The minimum atomic E-state index is -0.563. The van der Waals surface area contributed by atoms with Gasteiger partial charge >= 0.3 is 0 Å². The first-order chi connectivity index (χ1) is 13.3. The Bertz CT molecular complexity index is 902. The summed E-state index contributed by atoms with van der Waals surface area (Å²) < 4.78 is 0. The molecular weight excluding hydrogens is 370 g/mol. The number of nitrogens with zero attached hydrogens (tertiary/aromatic N) is 2. The molecule has 2 aromatic rings. The van der Waals surface area contributed by atoms with Gasteiger partial charge in [0.2, 0.25) is 5.91 Å². The van der Waals surface area contributed by atoms with E-state index in [0.29, 0.717) is 16.9 Å². The highest BCUT2D eigenvalue weighted by Gasteiger charge is 2.14. The molecule has 0 heterocycles. The highest BCUT2D eigenvalue weighted by Crippen LogP contribution is 2.27. The quantitative estimate of drug-likeness (QED) is 0.375. The van der Waals surface area contributed by atoms with Gasteiger partial charge in [0.15, 0.2) is 0 Å². The second kappa shape index (κ2) is 9.28.